The van der Waals surface area contributed by atoms with Crippen LogP contribution < -0.4 is 11.3 Å². The number of hydrogen-bond acceptors (Lipinski definition) is 5. The normalized spacial score (nSPS) is 12.7. The van der Waals surface area contributed by atoms with Crippen LogP contribution in [0.1, 0.15) is 6.42 Å². The molecule has 0 bridgehead atoms. The van der Waals surface area contributed by atoms with Gasteiger partial charge in [-0.1, -0.05) is 0 Å². The van der Waals surface area contributed by atoms with Crippen molar-refractivity contribution in [2.75, 3.05) is 19.0 Å². The van der Waals surface area contributed by atoms with Crippen molar-refractivity contribution < 1.29 is 21.6 Å². The van der Waals surface area contributed by atoms with Crippen molar-refractivity contribution in [2.45, 2.75) is 17.5 Å². The molecule has 0 saturated heterocycles. The van der Waals surface area contributed by atoms with E-state index in [2.05, 4.69) is 10.4 Å². The lowest BCUT2D eigenvalue weighted by Gasteiger charge is -2.17. The van der Waals surface area contributed by atoms with E-state index in [0.717, 1.165) is 13.2 Å². The predicted molar refractivity (Wildman–Crippen MR) is 62.5 cm³/mol. The van der Waals surface area contributed by atoms with E-state index in [-0.39, 0.29) is 10.7 Å². The number of halogens is 3. The van der Waals surface area contributed by atoms with Gasteiger partial charge >= 0.3 is 6.18 Å². The van der Waals surface area contributed by atoms with E-state index in [0.29, 0.717) is 4.31 Å². The van der Waals surface area contributed by atoms with Crippen molar-refractivity contribution in [3.63, 3.8) is 0 Å². The van der Waals surface area contributed by atoms with E-state index in [1.165, 1.54) is 12.1 Å². The molecule has 6 nitrogen and oxygen atoms in total. The van der Waals surface area contributed by atoms with Crippen LogP contribution in [0.15, 0.2) is 23.2 Å². The molecule has 108 valence electrons. The topological polar surface area (TPSA) is 88.3 Å². The van der Waals surface area contributed by atoms with E-state index in [4.69, 9.17) is 5.84 Å². The number of aromatic nitrogens is 1. The Bertz CT molecular complexity index is 515. The van der Waals surface area contributed by atoms with Crippen LogP contribution in [-0.2, 0) is 10.0 Å². The van der Waals surface area contributed by atoms with Crippen LogP contribution in [0.4, 0.5) is 19.0 Å². The highest BCUT2D eigenvalue weighted by molar-refractivity contribution is 7.89. The van der Waals surface area contributed by atoms with Gasteiger partial charge in [0.15, 0.2) is 0 Å². The third kappa shape index (κ3) is 4.33. The van der Waals surface area contributed by atoms with Crippen molar-refractivity contribution in [3.05, 3.63) is 18.3 Å². The van der Waals surface area contributed by atoms with Gasteiger partial charge in [-0.05, 0) is 12.1 Å². The summed E-state index contributed by atoms with van der Waals surface area (Å²) in [5.41, 5.74) is 2.21. The molecule has 0 atom stereocenters. The van der Waals surface area contributed by atoms with E-state index >= 15 is 0 Å². The Balaban J connectivity index is 2.84. The highest BCUT2D eigenvalue weighted by atomic mass is 32.2. The maximum absolute atomic E-state index is 12.0. The monoisotopic (exact) mass is 298 g/mol. The van der Waals surface area contributed by atoms with Crippen LogP contribution >= 0.6 is 0 Å². The molecule has 0 saturated carbocycles. The van der Waals surface area contributed by atoms with Gasteiger partial charge in [0.05, 0.1) is 6.42 Å². The number of nitrogens with one attached hydrogen (secondary N) is 1. The number of nitrogen functional groups attached to an aromatic ring is 1. The summed E-state index contributed by atoms with van der Waals surface area (Å²) in [4.78, 5) is 3.49. The minimum atomic E-state index is -4.41. The third-order valence-electron chi connectivity index (χ3n) is 2.30. The maximum Gasteiger partial charge on any atom is 0.390 e. The smallest absolute Gasteiger partial charge is 0.308 e. The van der Waals surface area contributed by atoms with Crippen LogP contribution in [0.3, 0.4) is 0 Å². The first kappa shape index (κ1) is 15.7. The van der Waals surface area contributed by atoms with Gasteiger partial charge in [0.25, 0.3) is 0 Å². The van der Waals surface area contributed by atoms with Crippen LogP contribution in [0.5, 0.6) is 0 Å². The molecule has 0 aliphatic heterocycles. The number of nitrogens with zero attached hydrogens (tertiary/aromatic N) is 2. The molecular formula is C9H13F3N4O2S. The molecule has 0 aromatic carbocycles. The maximum atomic E-state index is 12.0. The summed E-state index contributed by atoms with van der Waals surface area (Å²) in [6.45, 7) is -0.650. The zero-order valence-corrected chi connectivity index (χ0v) is 10.8. The number of hydrazine groups is 1. The number of rotatable bonds is 5. The molecule has 0 radical (unpaired) electrons. The first-order chi connectivity index (χ1) is 8.66. The van der Waals surface area contributed by atoms with Crippen LogP contribution in [-0.4, -0.2) is 37.5 Å². The SMILES string of the molecule is CN(CCC(F)(F)F)S(=O)(=O)c1ccc(NN)nc1. The standard InChI is InChI=1S/C9H13F3N4O2S/c1-16(5-4-9(10,11)12)19(17,18)7-2-3-8(15-13)14-6-7/h2-3,6H,4-5,13H2,1H3,(H,14,15). The zero-order chi connectivity index (χ0) is 14.7. The second-order valence-electron chi connectivity index (χ2n) is 3.72. The highest BCUT2D eigenvalue weighted by Gasteiger charge is 2.30. The van der Waals surface area contributed by atoms with Crippen molar-refractivity contribution in [2.24, 2.45) is 5.84 Å². The van der Waals surface area contributed by atoms with E-state index in [1.54, 1.807) is 0 Å². The van der Waals surface area contributed by atoms with Gasteiger partial charge in [-0.3, -0.25) is 0 Å². The second-order valence-corrected chi connectivity index (χ2v) is 5.76. The molecule has 0 unspecified atom stereocenters. The molecule has 1 aromatic heterocycles. The van der Waals surface area contributed by atoms with Gasteiger partial charge < -0.3 is 5.43 Å². The van der Waals surface area contributed by atoms with Gasteiger partial charge in [0, 0.05) is 19.8 Å². The summed E-state index contributed by atoms with van der Waals surface area (Å²) in [5, 5.41) is 0. The van der Waals surface area contributed by atoms with Crippen molar-refractivity contribution in [1.29, 1.82) is 0 Å². The fourth-order valence-electron chi connectivity index (χ4n) is 1.20. The van der Waals surface area contributed by atoms with E-state index < -0.39 is 29.2 Å². The Morgan fingerprint density at radius 2 is 2.05 bits per heavy atom. The fraction of sp³-hybridized carbons (Fsp3) is 0.444. The summed E-state index contributed by atoms with van der Waals surface area (Å²) in [6.07, 6.45) is -4.59. The fourth-order valence-corrected chi connectivity index (χ4v) is 2.32. The first-order valence-corrected chi connectivity index (χ1v) is 6.56. The average molecular weight is 298 g/mol. The molecule has 0 fully saturated rings. The number of nitrogens with two attached hydrogens (primary N) is 1. The van der Waals surface area contributed by atoms with E-state index in [9.17, 15) is 21.6 Å². The number of alkyl halides is 3. The van der Waals surface area contributed by atoms with Crippen molar-refractivity contribution in [1.82, 2.24) is 9.29 Å². The minimum Gasteiger partial charge on any atom is -0.308 e. The Labute approximate surface area is 108 Å². The molecule has 1 rings (SSSR count). The first-order valence-electron chi connectivity index (χ1n) is 5.12. The molecular weight excluding hydrogens is 285 g/mol. The number of sulfonamides is 1. The lowest BCUT2D eigenvalue weighted by molar-refractivity contribution is -0.135. The largest absolute Gasteiger partial charge is 0.390 e. The van der Waals surface area contributed by atoms with Crippen LogP contribution in [0.25, 0.3) is 0 Å². The van der Waals surface area contributed by atoms with Crippen LogP contribution in [0, 0.1) is 0 Å². The Morgan fingerprint density at radius 1 is 1.42 bits per heavy atom. The van der Waals surface area contributed by atoms with Crippen LogP contribution in [0.2, 0.25) is 0 Å². The van der Waals surface area contributed by atoms with Gasteiger partial charge in [0.1, 0.15) is 10.7 Å². The molecule has 1 aromatic rings. The lowest BCUT2D eigenvalue weighted by Crippen LogP contribution is -2.30. The van der Waals surface area contributed by atoms with E-state index in [1.807, 2.05) is 0 Å². The van der Waals surface area contributed by atoms with Gasteiger partial charge in [-0.15, -0.1) is 0 Å². The van der Waals surface area contributed by atoms with Gasteiger partial charge in [0.2, 0.25) is 10.0 Å². The molecule has 0 aliphatic carbocycles. The lowest BCUT2D eigenvalue weighted by atomic mass is 10.4. The highest BCUT2D eigenvalue weighted by Crippen LogP contribution is 2.22. The summed E-state index contributed by atoms with van der Waals surface area (Å²) >= 11 is 0. The summed E-state index contributed by atoms with van der Waals surface area (Å²) in [5.74, 6) is 5.31. The molecule has 19 heavy (non-hydrogen) atoms. The summed E-state index contributed by atoms with van der Waals surface area (Å²) in [7, 11) is -2.90. The molecule has 0 spiro atoms. The number of anilines is 1. The Morgan fingerprint density at radius 3 is 2.47 bits per heavy atom. The van der Waals surface area contributed by atoms with Gasteiger partial charge in [-0.2, -0.15) is 13.2 Å². The molecule has 10 heteroatoms. The molecule has 1 heterocycles. The van der Waals surface area contributed by atoms with Gasteiger partial charge in [-0.25, -0.2) is 23.5 Å². The Hall–Kier alpha value is -1.39. The quantitative estimate of drug-likeness (QED) is 0.624. The second kappa shape index (κ2) is 5.72. The third-order valence-corrected chi connectivity index (χ3v) is 4.14. The minimum absolute atomic E-state index is 0.198. The molecule has 0 amide bonds. The van der Waals surface area contributed by atoms with Crippen molar-refractivity contribution >= 4 is 15.8 Å². The summed E-state index contributed by atoms with van der Waals surface area (Å²) < 4.78 is 60.6. The zero-order valence-electron chi connectivity index (χ0n) is 9.98. The predicted octanol–water partition coefficient (Wildman–Crippen LogP) is 0.940. The Kier molecular flexibility index (Phi) is 4.71. The number of hydrogen-bond donors (Lipinski definition) is 2. The molecule has 3 N–H and O–H groups in total. The number of pyridine rings is 1. The summed E-state index contributed by atoms with van der Waals surface area (Å²) in [6, 6.07) is 2.52. The molecule has 0 aliphatic rings. The van der Waals surface area contributed by atoms with Crippen molar-refractivity contribution in [3.8, 4) is 0 Å². The average Bonchev–Trinajstić information content (AvgIpc) is 2.35.